The number of fused-ring (bicyclic) bond motifs is 1. The van der Waals surface area contributed by atoms with Crippen LogP contribution in [-0.2, 0) is 0 Å². The van der Waals surface area contributed by atoms with Crippen molar-refractivity contribution in [2.24, 2.45) is 0 Å². The molecule has 2 heterocycles. The van der Waals surface area contributed by atoms with Crippen LogP contribution < -0.4 is 5.32 Å². The van der Waals surface area contributed by atoms with Crippen LogP contribution in [0.25, 0.3) is 16.2 Å². The van der Waals surface area contributed by atoms with E-state index >= 15 is 0 Å². The molecule has 0 spiro atoms. The maximum absolute atomic E-state index is 4.92. The molecule has 1 unspecified atom stereocenters. The van der Waals surface area contributed by atoms with Crippen LogP contribution in [0.15, 0.2) is 78.1 Å². The average Bonchev–Trinajstić information content (AvgIpc) is 3.06. The Morgan fingerprint density at radius 3 is 2.15 bits per heavy atom. The summed E-state index contributed by atoms with van der Waals surface area (Å²) in [7, 11) is 0. The molecule has 26 heavy (non-hydrogen) atoms. The molecule has 0 saturated heterocycles. The Bertz CT molecular complexity index is 921. The quantitative estimate of drug-likeness (QED) is 0.660. The van der Waals surface area contributed by atoms with Crippen molar-refractivity contribution in [1.82, 2.24) is 14.9 Å². The Morgan fingerprint density at radius 1 is 0.923 bits per heavy atom. The number of rotatable bonds is 3. The van der Waals surface area contributed by atoms with Crippen LogP contribution in [0, 0.1) is 0 Å². The first-order chi connectivity index (χ1) is 12.5. The lowest BCUT2D eigenvalue weighted by Crippen LogP contribution is -2.41. The molecule has 1 aliphatic rings. The van der Waals surface area contributed by atoms with E-state index in [-0.39, 0.29) is 11.7 Å². The van der Waals surface area contributed by atoms with Gasteiger partial charge in [0.2, 0.25) is 0 Å². The number of aromatic nitrogens is 2. The number of benzene rings is 2. The third-order valence-electron chi connectivity index (χ3n) is 4.22. The minimum atomic E-state index is -0.000574. The molecule has 1 N–H and O–H groups in total. The second kappa shape index (κ2) is 6.78. The average molecular weight is 362 g/mol. The lowest BCUT2D eigenvalue weighted by Gasteiger charge is -2.31. The summed E-state index contributed by atoms with van der Waals surface area (Å²) in [4.78, 5) is 6.16. The van der Waals surface area contributed by atoms with Gasteiger partial charge in [0.15, 0.2) is 5.16 Å². The maximum Gasteiger partial charge on any atom is 0.175 e. The van der Waals surface area contributed by atoms with Crippen molar-refractivity contribution in [2.45, 2.75) is 37.6 Å². The standard InChI is InChI=1S/C22H23N3S/c1-22(2,3)24-20-14-19(17-12-8-5-9-13-17)26-21-23-18(15-25(20)21)16-10-6-4-7-11-16/h4-15,20,24H,1-3H3. The molecule has 0 radical (unpaired) electrons. The fourth-order valence-electron chi connectivity index (χ4n) is 3.07. The molecule has 4 rings (SSSR count). The first-order valence-electron chi connectivity index (χ1n) is 8.87. The van der Waals surface area contributed by atoms with Crippen LogP contribution in [0.5, 0.6) is 0 Å². The summed E-state index contributed by atoms with van der Waals surface area (Å²) in [5.74, 6) is 0. The lowest BCUT2D eigenvalue weighted by molar-refractivity contribution is 0.328. The molecule has 4 heteroatoms. The largest absolute Gasteiger partial charge is 0.305 e. The Labute approximate surface area is 159 Å². The maximum atomic E-state index is 4.92. The third-order valence-corrected chi connectivity index (χ3v) is 5.29. The van der Waals surface area contributed by atoms with Gasteiger partial charge in [-0.2, -0.15) is 0 Å². The van der Waals surface area contributed by atoms with E-state index in [0.717, 1.165) is 16.4 Å². The highest BCUT2D eigenvalue weighted by atomic mass is 32.2. The van der Waals surface area contributed by atoms with E-state index in [1.54, 1.807) is 11.8 Å². The van der Waals surface area contributed by atoms with Gasteiger partial charge in [0.05, 0.1) is 5.69 Å². The molecule has 1 aromatic heterocycles. The summed E-state index contributed by atoms with van der Waals surface area (Å²) >= 11 is 1.73. The van der Waals surface area contributed by atoms with Gasteiger partial charge in [0, 0.05) is 22.2 Å². The fourth-order valence-corrected chi connectivity index (χ4v) is 4.13. The van der Waals surface area contributed by atoms with E-state index in [1.165, 1.54) is 10.5 Å². The van der Waals surface area contributed by atoms with Gasteiger partial charge in [0.1, 0.15) is 6.17 Å². The molecular formula is C22H23N3S. The topological polar surface area (TPSA) is 29.9 Å². The van der Waals surface area contributed by atoms with Crippen LogP contribution in [0.1, 0.15) is 32.5 Å². The van der Waals surface area contributed by atoms with Gasteiger partial charge < -0.3 is 4.57 Å². The van der Waals surface area contributed by atoms with E-state index in [1.807, 2.05) is 6.07 Å². The molecule has 132 valence electrons. The van der Waals surface area contributed by atoms with E-state index in [9.17, 15) is 0 Å². The van der Waals surface area contributed by atoms with Crippen molar-refractivity contribution >= 4 is 16.7 Å². The van der Waals surface area contributed by atoms with Crippen LogP contribution >= 0.6 is 11.8 Å². The molecular weight excluding hydrogens is 338 g/mol. The van der Waals surface area contributed by atoms with E-state index in [4.69, 9.17) is 4.98 Å². The molecule has 1 atom stereocenters. The van der Waals surface area contributed by atoms with Crippen molar-refractivity contribution in [3.63, 3.8) is 0 Å². The zero-order chi connectivity index (χ0) is 18.1. The molecule has 0 fully saturated rings. The number of hydrogen-bond donors (Lipinski definition) is 1. The lowest BCUT2D eigenvalue weighted by atomic mass is 10.1. The van der Waals surface area contributed by atoms with Crippen molar-refractivity contribution in [1.29, 1.82) is 0 Å². The minimum absolute atomic E-state index is 0.000574. The summed E-state index contributed by atoms with van der Waals surface area (Å²) in [6.07, 6.45) is 4.53. The summed E-state index contributed by atoms with van der Waals surface area (Å²) in [5, 5.41) is 4.73. The highest BCUT2D eigenvalue weighted by Gasteiger charge is 2.26. The van der Waals surface area contributed by atoms with E-state index in [2.05, 4.69) is 97.5 Å². The number of nitrogens with zero attached hydrogens (tertiary/aromatic N) is 2. The zero-order valence-corrected chi connectivity index (χ0v) is 16.1. The highest BCUT2D eigenvalue weighted by molar-refractivity contribution is 8.08. The molecule has 0 bridgehead atoms. The summed E-state index contributed by atoms with van der Waals surface area (Å²) in [5.41, 5.74) is 3.38. The normalized spacial score (nSPS) is 16.9. The van der Waals surface area contributed by atoms with Crippen molar-refractivity contribution in [2.75, 3.05) is 0 Å². The van der Waals surface area contributed by atoms with Gasteiger partial charge in [-0.3, -0.25) is 5.32 Å². The molecule has 0 saturated carbocycles. The van der Waals surface area contributed by atoms with Crippen LogP contribution in [0.2, 0.25) is 0 Å². The van der Waals surface area contributed by atoms with E-state index < -0.39 is 0 Å². The molecule has 0 aliphatic carbocycles. The van der Waals surface area contributed by atoms with Gasteiger partial charge in [-0.25, -0.2) is 4.98 Å². The van der Waals surface area contributed by atoms with Gasteiger partial charge in [0.25, 0.3) is 0 Å². The number of nitrogens with one attached hydrogen (secondary N) is 1. The smallest absolute Gasteiger partial charge is 0.175 e. The number of hydrogen-bond acceptors (Lipinski definition) is 3. The van der Waals surface area contributed by atoms with Gasteiger partial charge in [-0.05, 0) is 32.4 Å². The third kappa shape index (κ3) is 3.62. The van der Waals surface area contributed by atoms with Gasteiger partial charge in [-0.15, -0.1) is 0 Å². The number of imidazole rings is 1. The second-order valence-electron chi connectivity index (χ2n) is 7.52. The Balaban J connectivity index is 1.76. The predicted octanol–water partition coefficient (Wildman–Crippen LogP) is 5.58. The first kappa shape index (κ1) is 17.1. The monoisotopic (exact) mass is 361 g/mol. The van der Waals surface area contributed by atoms with Gasteiger partial charge in [-0.1, -0.05) is 72.4 Å². The van der Waals surface area contributed by atoms with Crippen molar-refractivity contribution in [3.8, 4) is 11.3 Å². The SMILES string of the molecule is CC(C)(C)NC1C=C(c2ccccc2)Sc2nc(-c3ccccc3)cn21. The zero-order valence-electron chi connectivity index (χ0n) is 15.3. The Kier molecular flexibility index (Phi) is 4.47. The Morgan fingerprint density at radius 2 is 1.54 bits per heavy atom. The molecule has 1 aliphatic heterocycles. The Hall–Kier alpha value is -2.30. The minimum Gasteiger partial charge on any atom is -0.305 e. The fraction of sp³-hybridized carbons (Fsp3) is 0.227. The van der Waals surface area contributed by atoms with Crippen LogP contribution in [0.4, 0.5) is 0 Å². The second-order valence-corrected chi connectivity index (χ2v) is 8.53. The molecule has 3 aromatic rings. The van der Waals surface area contributed by atoms with E-state index in [0.29, 0.717) is 0 Å². The molecule has 0 amide bonds. The highest BCUT2D eigenvalue weighted by Crippen LogP contribution is 2.41. The first-order valence-corrected chi connectivity index (χ1v) is 9.68. The summed E-state index contributed by atoms with van der Waals surface area (Å²) < 4.78 is 2.24. The van der Waals surface area contributed by atoms with Gasteiger partial charge >= 0.3 is 0 Å². The van der Waals surface area contributed by atoms with Crippen molar-refractivity contribution < 1.29 is 0 Å². The molecule has 3 nitrogen and oxygen atoms in total. The number of thioether (sulfide) groups is 1. The summed E-state index contributed by atoms with van der Waals surface area (Å²) in [6.45, 7) is 6.58. The van der Waals surface area contributed by atoms with Crippen molar-refractivity contribution in [3.05, 3.63) is 78.5 Å². The van der Waals surface area contributed by atoms with Crippen LogP contribution in [0.3, 0.4) is 0 Å². The summed E-state index contributed by atoms with van der Waals surface area (Å²) in [6, 6.07) is 20.9. The van der Waals surface area contributed by atoms with Crippen LogP contribution in [-0.4, -0.2) is 15.1 Å². The molecule has 2 aromatic carbocycles. The predicted molar refractivity (Wildman–Crippen MR) is 110 cm³/mol.